The minimum atomic E-state index is -0.790. The molecule has 0 radical (unpaired) electrons. The number of aryl methyl sites for hydroxylation is 2. The highest BCUT2D eigenvalue weighted by atomic mass is 32.1. The van der Waals surface area contributed by atoms with Gasteiger partial charge in [-0.05, 0) is 47.6 Å². The number of ketones is 1. The Bertz CT molecular complexity index is 1600. The second-order valence-electron chi connectivity index (χ2n) is 7.91. The van der Waals surface area contributed by atoms with Crippen molar-refractivity contribution in [2.45, 2.75) is 13.8 Å². The van der Waals surface area contributed by atoms with E-state index in [1.54, 1.807) is 31.4 Å². The predicted molar refractivity (Wildman–Crippen MR) is 130 cm³/mol. The molecule has 0 saturated carbocycles. The monoisotopic (exact) mass is 473 g/mol. The van der Waals surface area contributed by atoms with E-state index >= 15 is 0 Å². The van der Waals surface area contributed by atoms with Gasteiger partial charge in [0.2, 0.25) is 5.69 Å². The third-order valence-electron chi connectivity index (χ3n) is 5.64. The average Bonchev–Trinajstić information content (AvgIpc) is 3.38. The molecule has 0 atom stereocenters. The zero-order valence-corrected chi connectivity index (χ0v) is 19.5. The maximum Gasteiger partial charge on any atom is 0.439 e. The molecule has 0 aliphatic rings. The number of aromatic nitrogens is 3. The van der Waals surface area contributed by atoms with E-state index in [0.29, 0.717) is 21.7 Å². The Balaban J connectivity index is 1.61. The van der Waals surface area contributed by atoms with Crippen LogP contribution < -0.4 is 20.8 Å². The largest absolute Gasteiger partial charge is 0.497 e. The number of pyridine rings is 1. The van der Waals surface area contributed by atoms with Gasteiger partial charge in [0.15, 0.2) is 0 Å². The molecule has 0 unspecified atom stereocenters. The van der Waals surface area contributed by atoms with Crippen LogP contribution in [0.2, 0.25) is 0 Å². The quantitative estimate of drug-likeness (QED) is 0.295. The van der Waals surface area contributed by atoms with Gasteiger partial charge in [-0.15, -0.1) is 11.3 Å². The highest BCUT2D eigenvalue weighted by Gasteiger charge is 2.34. The van der Waals surface area contributed by atoms with Gasteiger partial charge in [-0.2, -0.15) is 0 Å². The number of benzene rings is 2. The fourth-order valence-corrected chi connectivity index (χ4v) is 4.82. The second kappa shape index (κ2) is 8.27. The number of nitrogens with zero attached hydrogens (tertiary/aromatic N) is 2. The van der Waals surface area contributed by atoms with E-state index < -0.39 is 11.4 Å². The van der Waals surface area contributed by atoms with Crippen molar-refractivity contribution >= 4 is 33.0 Å². The first kappa shape index (κ1) is 21.6. The highest BCUT2D eigenvalue weighted by Crippen LogP contribution is 2.36. The molecular weight excluding hydrogens is 452 g/mol. The summed E-state index contributed by atoms with van der Waals surface area (Å²) in [5.41, 5.74) is 10.1. The molecule has 0 saturated heterocycles. The lowest BCUT2D eigenvalue weighted by Crippen LogP contribution is -2.41. The molecule has 5 rings (SSSR count). The molecule has 3 N–H and O–H groups in total. The van der Waals surface area contributed by atoms with Crippen LogP contribution in [0.5, 0.6) is 5.75 Å². The zero-order valence-electron chi connectivity index (χ0n) is 18.7. The molecular formula is C25H21N4O4S+. The minimum Gasteiger partial charge on any atom is -0.497 e. The normalized spacial score (nSPS) is 11.1. The van der Waals surface area contributed by atoms with Crippen molar-refractivity contribution in [1.29, 1.82) is 0 Å². The maximum atomic E-state index is 13.5. The van der Waals surface area contributed by atoms with Gasteiger partial charge < -0.3 is 10.5 Å². The molecule has 0 aliphatic heterocycles. The summed E-state index contributed by atoms with van der Waals surface area (Å²) in [7, 11) is 1.56. The highest BCUT2D eigenvalue weighted by molar-refractivity contribution is 7.21. The number of hydrogen-bond donors (Lipinski definition) is 2. The summed E-state index contributed by atoms with van der Waals surface area (Å²) in [5, 5.41) is 3.17. The number of nitrogens with one attached hydrogen (secondary N) is 1. The van der Waals surface area contributed by atoms with Gasteiger partial charge in [0.05, 0.1) is 18.5 Å². The number of methoxy groups -OCH3 is 1. The molecule has 8 nitrogen and oxygen atoms in total. The van der Waals surface area contributed by atoms with E-state index in [0.717, 1.165) is 33.7 Å². The summed E-state index contributed by atoms with van der Waals surface area (Å²) in [6, 6.07) is 16.9. The number of H-pyrrole nitrogens is 1. The van der Waals surface area contributed by atoms with Crippen LogP contribution in [0.3, 0.4) is 0 Å². The van der Waals surface area contributed by atoms with Gasteiger partial charge in [0.25, 0.3) is 5.78 Å². The Morgan fingerprint density at radius 2 is 1.82 bits per heavy atom. The number of rotatable bonds is 5. The van der Waals surface area contributed by atoms with Crippen LogP contribution in [0.25, 0.3) is 27.2 Å². The summed E-state index contributed by atoms with van der Waals surface area (Å²) < 4.78 is 11.4. The fraction of sp³-hybridized carbons (Fsp3) is 0.120. The Morgan fingerprint density at radius 3 is 2.50 bits per heavy atom. The van der Waals surface area contributed by atoms with Gasteiger partial charge in [0.1, 0.15) is 15.5 Å². The standard InChI is InChI=1S/C25H20N4O4S/c1-13-4-6-15(7-5-13)20-14(2)12-18-19(26)23(34-24(18)27-20)22(30)21-25(31)33-28-29(21)16-8-10-17(32-3)11-9-16/h4-12H,1-3H3,(H2-,26,28,30,31)/p+1. The Labute approximate surface area is 198 Å². The average molecular weight is 474 g/mol. The summed E-state index contributed by atoms with van der Waals surface area (Å²) in [6.07, 6.45) is 0. The summed E-state index contributed by atoms with van der Waals surface area (Å²) in [5.74, 6) is 0.100. The lowest BCUT2D eigenvalue weighted by Gasteiger charge is -2.06. The van der Waals surface area contributed by atoms with Gasteiger partial charge in [-0.25, -0.2) is 9.78 Å². The number of nitrogens with two attached hydrogens (primary N) is 1. The van der Waals surface area contributed by atoms with Crippen LogP contribution in [0, 0.1) is 13.8 Å². The van der Waals surface area contributed by atoms with Gasteiger partial charge >= 0.3 is 11.3 Å². The smallest absolute Gasteiger partial charge is 0.439 e. The fourth-order valence-electron chi connectivity index (χ4n) is 3.80. The van der Waals surface area contributed by atoms with Crippen molar-refractivity contribution in [3.8, 4) is 22.7 Å². The maximum absolute atomic E-state index is 13.5. The van der Waals surface area contributed by atoms with E-state index in [4.69, 9.17) is 20.0 Å². The first-order chi connectivity index (χ1) is 16.4. The van der Waals surface area contributed by atoms with Crippen molar-refractivity contribution in [3.63, 3.8) is 0 Å². The van der Waals surface area contributed by atoms with Crippen LogP contribution in [0.15, 0.2) is 63.9 Å². The summed E-state index contributed by atoms with van der Waals surface area (Å²) in [4.78, 5) is 31.6. The van der Waals surface area contributed by atoms with Crippen LogP contribution in [0.1, 0.15) is 26.5 Å². The van der Waals surface area contributed by atoms with Crippen molar-refractivity contribution in [1.82, 2.24) is 10.3 Å². The SMILES string of the molecule is COc1ccc(-[n+]2[nH]oc(=O)c2C(=O)c2sc3nc(-c4ccc(C)cc4)c(C)cc3c2N)cc1. The number of hydrogen-bond acceptors (Lipinski definition) is 7. The Hall–Kier alpha value is -4.24. The van der Waals surface area contributed by atoms with E-state index in [1.165, 1.54) is 4.68 Å². The third kappa shape index (κ3) is 3.56. The molecule has 0 fully saturated rings. The van der Waals surface area contributed by atoms with Crippen LogP contribution in [-0.4, -0.2) is 23.1 Å². The number of carbonyl (C=O) groups is 1. The lowest BCUT2D eigenvalue weighted by atomic mass is 10.0. The molecule has 0 spiro atoms. The van der Waals surface area contributed by atoms with Crippen LogP contribution in [-0.2, 0) is 0 Å². The molecule has 0 aliphatic carbocycles. The molecule has 9 heteroatoms. The molecule has 34 heavy (non-hydrogen) atoms. The van der Waals surface area contributed by atoms with Gasteiger partial charge in [-0.3, -0.25) is 9.32 Å². The van der Waals surface area contributed by atoms with Gasteiger partial charge in [-0.1, -0.05) is 29.8 Å². The number of aromatic amines is 1. The predicted octanol–water partition coefficient (Wildman–Crippen LogP) is 3.96. The first-order valence-corrected chi connectivity index (χ1v) is 11.3. The number of fused-ring (bicyclic) bond motifs is 1. The van der Waals surface area contributed by atoms with E-state index in [2.05, 4.69) is 5.27 Å². The molecule has 5 aromatic rings. The van der Waals surface area contributed by atoms with Crippen molar-refractivity contribution in [2.24, 2.45) is 0 Å². The second-order valence-corrected chi connectivity index (χ2v) is 8.91. The molecule has 3 heterocycles. The molecule has 3 aromatic heterocycles. The third-order valence-corrected chi connectivity index (χ3v) is 6.75. The van der Waals surface area contributed by atoms with Crippen molar-refractivity contribution in [2.75, 3.05) is 12.8 Å². The molecule has 0 amide bonds. The Kier molecular flexibility index (Phi) is 5.25. The van der Waals surface area contributed by atoms with Crippen LogP contribution in [0.4, 0.5) is 5.69 Å². The summed E-state index contributed by atoms with van der Waals surface area (Å²) >= 11 is 1.16. The van der Waals surface area contributed by atoms with Crippen LogP contribution >= 0.6 is 11.3 Å². The van der Waals surface area contributed by atoms with Gasteiger partial charge in [0, 0.05) is 23.1 Å². The summed E-state index contributed by atoms with van der Waals surface area (Å²) in [6.45, 7) is 3.99. The number of ether oxygens (including phenoxy) is 1. The lowest BCUT2D eigenvalue weighted by molar-refractivity contribution is -0.672. The van der Waals surface area contributed by atoms with E-state index in [1.807, 2.05) is 44.2 Å². The number of anilines is 1. The van der Waals surface area contributed by atoms with Crippen molar-refractivity contribution < 1.29 is 18.7 Å². The number of thiophene rings is 1. The molecule has 2 aromatic carbocycles. The Morgan fingerprint density at radius 1 is 1.12 bits per heavy atom. The van der Waals surface area contributed by atoms with E-state index in [9.17, 15) is 9.59 Å². The molecule has 170 valence electrons. The van der Waals surface area contributed by atoms with Crippen molar-refractivity contribution in [3.05, 3.63) is 86.7 Å². The molecule has 0 bridgehead atoms. The minimum absolute atomic E-state index is 0.182. The topological polar surface area (TPSA) is 115 Å². The number of nitrogen functional groups attached to an aromatic ring is 1. The van der Waals surface area contributed by atoms with E-state index in [-0.39, 0.29) is 16.3 Å². The zero-order chi connectivity index (χ0) is 24.0. The number of carbonyl (C=O) groups excluding carboxylic acids is 1. The first-order valence-electron chi connectivity index (χ1n) is 10.5.